The molecule has 11 nitrogen and oxygen atoms in total. The number of anilines is 1. The third-order valence-electron chi connectivity index (χ3n) is 6.01. The highest BCUT2D eigenvalue weighted by atomic mass is 32.2. The van der Waals surface area contributed by atoms with E-state index in [1.165, 1.54) is 13.0 Å². The minimum atomic E-state index is -4.24. The van der Waals surface area contributed by atoms with Crippen LogP contribution in [-0.4, -0.2) is 56.0 Å². The van der Waals surface area contributed by atoms with E-state index in [-0.39, 0.29) is 35.8 Å². The molecular formula is C29H36N2O9S. The van der Waals surface area contributed by atoms with Crippen LogP contribution in [0.5, 0.6) is 17.2 Å². The van der Waals surface area contributed by atoms with Crippen LogP contribution >= 0.6 is 0 Å². The van der Waals surface area contributed by atoms with Crippen LogP contribution in [0.4, 0.5) is 5.69 Å². The Labute approximate surface area is 240 Å². The minimum Gasteiger partial charge on any atom is -0.507 e. The summed E-state index contributed by atoms with van der Waals surface area (Å²) in [5, 5.41) is 32.4. The summed E-state index contributed by atoms with van der Waals surface area (Å²) in [7, 11) is -4.24. The van der Waals surface area contributed by atoms with Gasteiger partial charge in [-0.2, -0.15) is 8.42 Å². The highest BCUT2D eigenvalue weighted by Gasteiger charge is 2.16. The number of phenols is 2. The molecule has 0 heterocycles. The second-order valence-electron chi connectivity index (χ2n) is 9.09. The Morgan fingerprint density at radius 1 is 0.927 bits per heavy atom. The normalized spacial score (nSPS) is 11.3. The second-order valence-corrected chi connectivity index (χ2v) is 10.4. The van der Waals surface area contributed by atoms with Gasteiger partial charge in [0.05, 0.1) is 31.1 Å². The van der Waals surface area contributed by atoms with Crippen LogP contribution in [0.25, 0.3) is 0 Å². The Morgan fingerprint density at radius 3 is 2.41 bits per heavy atom. The van der Waals surface area contributed by atoms with E-state index >= 15 is 0 Å². The first-order valence-electron chi connectivity index (χ1n) is 13.2. The molecule has 0 aliphatic rings. The van der Waals surface area contributed by atoms with E-state index in [9.17, 15) is 28.5 Å². The van der Waals surface area contributed by atoms with Gasteiger partial charge < -0.3 is 34.3 Å². The number of ether oxygens (including phenoxy) is 2. The molecule has 3 rings (SSSR count). The Kier molecular flexibility index (Phi) is 12.2. The van der Waals surface area contributed by atoms with Gasteiger partial charge in [-0.3, -0.25) is 9.52 Å². The largest absolute Gasteiger partial charge is 0.507 e. The molecule has 0 aliphatic carbocycles. The molecular weight excluding hydrogens is 552 g/mol. The third-order valence-corrected chi connectivity index (χ3v) is 6.90. The molecule has 3 aromatic carbocycles. The van der Waals surface area contributed by atoms with Gasteiger partial charge in [-0.1, -0.05) is 37.3 Å². The van der Waals surface area contributed by atoms with E-state index in [4.69, 9.17) is 9.47 Å². The Hall–Kier alpha value is -3.84. The molecule has 0 saturated carbocycles. The van der Waals surface area contributed by atoms with Gasteiger partial charge in [-0.15, -0.1) is 0 Å². The van der Waals surface area contributed by atoms with Gasteiger partial charge in [0.1, 0.15) is 23.9 Å². The summed E-state index contributed by atoms with van der Waals surface area (Å²) in [6, 6.07) is 17.5. The van der Waals surface area contributed by atoms with Gasteiger partial charge >= 0.3 is 16.3 Å². The summed E-state index contributed by atoms with van der Waals surface area (Å²) in [6.07, 6.45) is 1.32. The molecule has 41 heavy (non-hydrogen) atoms. The van der Waals surface area contributed by atoms with Gasteiger partial charge in [-0.25, -0.2) is 0 Å². The van der Waals surface area contributed by atoms with Gasteiger partial charge in [0.15, 0.2) is 0 Å². The quantitative estimate of drug-likeness (QED) is 0.148. The maximum atomic E-state index is 11.9. The number of aliphatic hydroxyl groups excluding tert-OH is 1. The summed E-state index contributed by atoms with van der Waals surface area (Å²) in [6.45, 7) is 3.37. The predicted octanol–water partition coefficient (Wildman–Crippen LogP) is 3.17. The maximum Gasteiger partial charge on any atom is 0.409 e. The zero-order valence-electron chi connectivity index (χ0n) is 22.8. The highest BCUT2D eigenvalue weighted by Crippen LogP contribution is 2.30. The molecule has 3 aromatic rings. The number of benzene rings is 3. The summed E-state index contributed by atoms with van der Waals surface area (Å²) in [5.74, 6) is -0.316. The van der Waals surface area contributed by atoms with E-state index in [1.54, 1.807) is 30.3 Å². The molecule has 0 atom stereocenters. The molecule has 222 valence electrons. The molecule has 5 N–H and O–H groups in total. The van der Waals surface area contributed by atoms with Crippen molar-refractivity contribution in [1.82, 2.24) is 5.32 Å². The zero-order chi connectivity index (χ0) is 29.7. The summed E-state index contributed by atoms with van der Waals surface area (Å²) < 4.78 is 41.7. The van der Waals surface area contributed by atoms with Crippen LogP contribution in [0.3, 0.4) is 0 Å². The van der Waals surface area contributed by atoms with Crippen molar-refractivity contribution in [1.29, 1.82) is 0 Å². The van der Waals surface area contributed by atoms with E-state index < -0.39 is 22.9 Å². The van der Waals surface area contributed by atoms with Crippen molar-refractivity contribution in [3.63, 3.8) is 0 Å². The number of carbonyl (C=O) groups excluding carboxylic acids is 1. The number of rotatable bonds is 17. The fraction of sp³-hybridized carbons (Fsp3) is 0.345. The molecule has 12 heteroatoms. The average Bonchev–Trinajstić information content (AvgIpc) is 2.94. The second kappa shape index (κ2) is 15.8. The molecule has 0 aromatic heterocycles. The number of nitrogens with one attached hydrogen (secondary N) is 2. The van der Waals surface area contributed by atoms with E-state index in [0.717, 1.165) is 24.1 Å². The summed E-state index contributed by atoms with van der Waals surface area (Å²) in [4.78, 5) is 11.3. The monoisotopic (exact) mass is 588 g/mol. The van der Waals surface area contributed by atoms with Crippen LogP contribution in [0.2, 0.25) is 0 Å². The van der Waals surface area contributed by atoms with Gasteiger partial charge in [0.2, 0.25) is 0 Å². The number of carbonyl (C=O) groups is 1. The SMILES string of the molecule is CCC(=O)OS(=O)(=O)Nc1cccc(COCCOc2ccc(CCNCCc3ccc(O)c(CO)c3O)cc2)c1. The van der Waals surface area contributed by atoms with Crippen molar-refractivity contribution in [2.45, 2.75) is 39.4 Å². The standard InChI is InChI=1S/C29H36N2O9S/c1-2-28(34)40-41(36,37)31-24-5-3-4-22(18-24)20-38-16-17-39-25-9-6-21(7-10-25)12-14-30-15-13-23-8-11-27(33)26(19-32)29(23)35/h3-11,18,30-33,35H,2,12-17,19-20H2,1H3. The van der Waals surface area contributed by atoms with E-state index in [1.807, 2.05) is 24.3 Å². The van der Waals surface area contributed by atoms with Crippen molar-refractivity contribution in [3.8, 4) is 17.2 Å². The van der Waals surface area contributed by atoms with Crippen LogP contribution < -0.4 is 14.8 Å². The lowest BCUT2D eigenvalue weighted by atomic mass is 10.1. The Morgan fingerprint density at radius 2 is 1.68 bits per heavy atom. The van der Waals surface area contributed by atoms with Gasteiger partial charge in [0, 0.05) is 6.42 Å². The van der Waals surface area contributed by atoms with Gasteiger partial charge in [0.25, 0.3) is 0 Å². The minimum absolute atomic E-state index is 0.0516. The van der Waals surface area contributed by atoms with Crippen LogP contribution in [0.15, 0.2) is 60.7 Å². The molecule has 0 amide bonds. The number of hydrogen-bond donors (Lipinski definition) is 5. The first-order valence-corrected chi connectivity index (χ1v) is 14.6. The maximum absolute atomic E-state index is 11.9. The average molecular weight is 589 g/mol. The first kappa shape index (κ1) is 31.7. The Balaban J connectivity index is 1.31. The van der Waals surface area contributed by atoms with Crippen molar-refractivity contribution >= 4 is 22.0 Å². The number of aliphatic hydroxyl groups is 1. The lowest BCUT2D eigenvalue weighted by Crippen LogP contribution is -2.20. The molecule has 0 bridgehead atoms. The highest BCUT2D eigenvalue weighted by molar-refractivity contribution is 7.88. The third kappa shape index (κ3) is 10.6. The lowest BCUT2D eigenvalue weighted by molar-refractivity contribution is -0.133. The van der Waals surface area contributed by atoms with E-state index in [2.05, 4.69) is 14.2 Å². The van der Waals surface area contributed by atoms with Crippen LogP contribution in [0.1, 0.15) is 35.6 Å². The smallest absolute Gasteiger partial charge is 0.409 e. The van der Waals surface area contributed by atoms with Crippen molar-refractivity contribution in [3.05, 3.63) is 82.9 Å². The fourth-order valence-electron chi connectivity index (χ4n) is 3.84. The molecule has 0 spiro atoms. The van der Waals surface area contributed by atoms with Crippen molar-refractivity contribution in [2.24, 2.45) is 0 Å². The van der Waals surface area contributed by atoms with Crippen molar-refractivity contribution in [2.75, 3.05) is 31.0 Å². The van der Waals surface area contributed by atoms with Crippen molar-refractivity contribution < 1.29 is 42.2 Å². The Bertz CT molecular complexity index is 1380. The number of aromatic hydroxyl groups is 2. The molecule has 0 aliphatic heterocycles. The summed E-state index contributed by atoms with van der Waals surface area (Å²) >= 11 is 0. The van der Waals surface area contributed by atoms with Gasteiger partial charge in [-0.05, 0) is 73.0 Å². The molecule has 0 fully saturated rings. The topological polar surface area (TPSA) is 164 Å². The first-order chi connectivity index (χ1) is 19.7. The van der Waals surface area contributed by atoms with E-state index in [0.29, 0.717) is 37.5 Å². The zero-order valence-corrected chi connectivity index (χ0v) is 23.7. The number of hydrogen-bond acceptors (Lipinski definition) is 10. The summed E-state index contributed by atoms with van der Waals surface area (Å²) in [5.41, 5.74) is 2.94. The predicted molar refractivity (Wildman–Crippen MR) is 153 cm³/mol. The molecule has 0 radical (unpaired) electrons. The lowest BCUT2D eigenvalue weighted by Gasteiger charge is -2.11. The van der Waals surface area contributed by atoms with Crippen LogP contribution in [-0.2, 0) is 50.1 Å². The fourth-order valence-corrected chi connectivity index (χ4v) is 4.66. The molecule has 0 unspecified atom stereocenters. The van der Waals surface area contributed by atoms with Crippen LogP contribution in [0, 0.1) is 0 Å². The molecule has 0 saturated heterocycles.